The topological polar surface area (TPSA) is 64.1 Å². The van der Waals surface area contributed by atoms with Crippen molar-refractivity contribution in [2.75, 3.05) is 39.3 Å². The van der Waals surface area contributed by atoms with Crippen molar-refractivity contribution in [3.05, 3.63) is 35.9 Å². The highest BCUT2D eigenvalue weighted by Crippen LogP contribution is 2.24. The molecule has 0 aromatic heterocycles. The Bertz CT molecular complexity index is 614. The van der Waals surface area contributed by atoms with Crippen LogP contribution in [0.2, 0.25) is 0 Å². The minimum Gasteiger partial charge on any atom is -0.378 e. The van der Waals surface area contributed by atoms with Crippen molar-refractivity contribution in [1.29, 1.82) is 0 Å². The van der Waals surface area contributed by atoms with Gasteiger partial charge in [0.15, 0.2) is 5.60 Å². The van der Waals surface area contributed by atoms with Crippen LogP contribution in [0.1, 0.15) is 25.3 Å². The van der Waals surface area contributed by atoms with Crippen LogP contribution in [0.3, 0.4) is 0 Å². The van der Waals surface area contributed by atoms with Crippen molar-refractivity contribution >= 4 is 11.8 Å². The fourth-order valence-electron chi connectivity index (χ4n) is 3.72. The minimum absolute atomic E-state index is 0.0846. The predicted molar refractivity (Wildman–Crippen MR) is 94.7 cm³/mol. The highest BCUT2D eigenvalue weighted by Gasteiger charge is 2.43. The first-order chi connectivity index (χ1) is 12.0. The summed E-state index contributed by atoms with van der Waals surface area (Å²) in [7, 11) is 0. The number of hydrogen-bond acceptors (Lipinski definition) is 4. The molecule has 25 heavy (non-hydrogen) atoms. The van der Waals surface area contributed by atoms with Gasteiger partial charge in [-0.2, -0.15) is 0 Å². The Hall–Kier alpha value is -1.92. The molecule has 0 saturated carbocycles. The Morgan fingerprint density at radius 3 is 2.36 bits per heavy atom. The Labute approximate surface area is 149 Å². The maximum absolute atomic E-state index is 12.8. The summed E-state index contributed by atoms with van der Waals surface area (Å²) in [5.41, 5.74) is -0.156. The van der Waals surface area contributed by atoms with E-state index in [0.717, 1.165) is 19.6 Å². The fourth-order valence-corrected chi connectivity index (χ4v) is 3.72. The summed E-state index contributed by atoms with van der Waals surface area (Å²) in [5, 5.41) is 10.8. The van der Waals surface area contributed by atoms with Crippen LogP contribution < -0.4 is 0 Å². The third-order valence-electron chi connectivity index (χ3n) is 5.22. The summed E-state index contributed by atoms with van der Waals surface area (Å²) in [5.74, 6) is -0.309. The van der Waals surface area contributed by atoms with Crippen LogP contribution in [0.4, 0.5) is 0 Å². The molecule has 1 aromatic carbocycles. The van der Waals surface area contributed by atoms with Crippen LogP contribution >= 0.6 is 0 Å². The summed E-state index contributed by atoms with van der Waals surface area (Å²) >= 11 is 0. The summed E-state index contributed by atoms with van der Waals surface area (Å²) in [4.78, 5) is 30.1. The largest absolute Gasteiger partial charge is 0.378 e. The number of piperidine rings is 1. The van der Waals surface area contributed by atoms with Crippen LogP contribution in [-0.2, 0) is 16.1 Å². The van der Waals surface area contributed by atoms with Crippen LogP contribution in [0.5, 0.6) is 0 Å². The van der Waals surface area contributed by atoms with E-state index in [1.54, 1.807) is 9.80 Å². The lowest BCUT2D eigenvalue weighted by Crippen LogP contribution is -2.61. The third-order valence-corrected chi connectivity index (χ3v) is 5.22. The molecule has 3 rings (SSSR count). The van der Waals surface area contributed by atoms with Gasteiger partial charge in [-0.1, -0.05) is 30.3 Å². The summed E-state index contributed by atoms with van der Waals surface area (Å²) in [6.45, 7) is 5.94. The van der Waals surface area contributed by atoms with Gasteiger partial charge in [0.25, 0.3) is 5.91 Å². The third kappa shape index (κ3) is 4.19. The van der Waals surface area contributed by atoms with E-state index in [1.165, 1.54) is 12.5 Å². The lowest BCUT2D eigenvalue weighted by atomic mass is 9.91. The Morgan fingerprint density at radius 2 is 1.72 bits per heavy atom. The van der Waals surface area contributed by atoms with Crippen molar-refractivity contribution in [3.63, 3.8) is 0 Å². The predicted octanol–water partition coefficient (Wildman–Crippen LogP) is 0.704. The molecule has 1 atom stereocenters. The zero-order chi connectivity index (χ0) is 17.9. The van der Waals surface area contributed by atoms with E-state index in [4.69, 9.17) is 0 Å². The molecule has 2 fully saturated rings. The molecule has 1 aromatic rings. The molecular formula is C19H27N3O3. The Morgan fingerprint density at radius 1 is 1.04 bits per heavy atom. The molecule has 0 radical (unpaired) electrons. The SMILES string of the molecule is CC(=O)N1CCCC(O)(C(=O)N2CCN(Cc3ccccc3)CC2)C1. The van der Waals surface area contributed by atoms with Gasteiger partial charge in [-0.3, -0.25) is 14.5 Å². The van der Waals surface area contributed by atoms with Crippen LogP contribution in [0.15, 0.2) is 30.3 Å². The van der Waals surface area contributed by atoms with Gasteiger partial charge in [0.1, 0.15) is 0 Å². The first kappa shape index (κ1) is 17.9. The number of likely N-dealkylation sites (tertiary alicyclic amines) is 1. The smallest absolute Gasteiger partial charge is 0.256 e. The lowest BCUT2D eigenvalue weighted by molar-refractivity contribution is -0.161. The van der Waals surface area contributed by atoms with Crippen LogP contribution in [0.25, 0.3) is 0 Å². The number of rotatable bonds is 3. The lowest BCUT2D eigenvalue weighted by Gasteiger charge is -2.42. The first-order valence-corrected chi connectivity index (χ1v) is 9.01. The molecule has 2 saturated heterocycles. The molecule has 6 heteroatoms. The van der Waals surface area contributed by atoms with Gasteiger partial charge in [-0.05, 0) is 18.4 Å². The number of carbonyl (C=O) groups is 2. The van der Waals surface area contributed by atoms with Crippen molar-refractivity contribution in [3.8, 4) is 0 Å². The molecule has 0 bridgehead atoms. The standard InChI is InChI=1S/C19H27N3O3/c1-16(23)22-9-5-8-19(25,15-22)18(24)21-12-10-20(11-13-21)14-17-6-3-2-4-7-17/h2-4,6-7,25H,5,8-15H2,1H3. The quantitative estimate of drug-likeness (QED) is 0.876. The molecule has 0 aliphatic carbocycles. The Balaban J connectivity index is 1.55. The van der Waals surface area contributed by atoms with E-state index in [1.807, 2.05) is 18.2 Å². The first-order valence-electron chi connectivity index (χ1n) is 9.01. The molecule has 2 aliphatic heterocycles. The van der Waals surface area contributed by atoms with Gasteiger partial charge < -0.3 is 14.9 Å². The van der Waals surface area contributed by atoms with Crippen molar-refractivity contribution in [2.24, 2.45) is 0 Å². The zero-order valence-corrected chi connectivity index (χ0v) is 14.9. The fraction of sp³-hybridized carbons (Fsp3) is 0.579. The van der Waals surface area contributed by atoms with Gasteiger partial charge in [-0.15, -0.1) is 0 Å². The van der Waals surface area contributed by atoms with E-state index in [9.17, 15) is 14.7 Å². The van der Waals surface area contributed by atoms with Crippen LogP contribution in [0, 0.1) is 0 Å². The molecular weight excluding hydrogens is 318 g/mol. The molecule has 0 spiro atoms. The number of β-amino-alcohol motifs (C(OH)–C–C–N with tert-alkyl or cyclic N) is 1. The molecule has 136 valence electrons. The number of piperazine rings is 1. The highest BCUT2D eigenvalue weighted by atomic mass is 16.3. The minimum atomic E-state index is -1.43. The van der Waals surface area contributed by atoms with Gasteiger partial charge in [0.2, 0.25) is 5.91 Å². The number of nitrogens with zero attached hydrogens (tertiary/aromatic N) is 3. The summed E-state index contributed by atoms with van der Waals surface area (Å²) in [6, 6.07) is 10.3. The number of benzene rings is 1. The van der Waals surface area contributed by atoms with Crippen molar-refractivity contribution in [1.82, 2.24) is 14.7 Å². The van der Waals surface area contributed by atoms with Crippen molar-refractivity contribution < 1.29 is 14.7 Å². The molecule has 2 amide bonds. The van der Waals surface area contributed by atoms with Gasteiger partial charge >= 0.3 is 0 Å². The molecule has 6 nitrogen and oxygen atoms in total. The molecule has 1 unspecified atom stereocenters. The van der Waals surface area contributed by atoms with Gasteiger partial charge in [0, 0.05) is 46.2 Å². The highest BCUT2D eigenvalue weighted by molar-refractivity contribution is 5.86. The molecule has 2 heterocycles. The monoisotopic (exact) mass is 345 g/mol. The maximum atomic E-state index is 12.8. The summed E-state index contributed by atoms with van der Waals surface area (Å²) < 4.78 is 0. The molecule has 1 N–H and O–H groups in total. The zero-order valence-electron chi connectivity index (χ0n) is 14.9. The maximum Gasteiger partial charge on any atom is 0.256 e. The second-order valence-corrected chi connectivity index (χ2v) is 7.13. The van der Waals surface area contributed by atoms with E-state index in [0.29, 0.717) is 32.5 Å². The van der Waals surface area contributed by atoms with E-state index in [-0.39, 0.29) is 18.4 Å². The van der Waals surface area contributed by atoms with E-state index < -0.39 is 5.60 Å². The number of carbonyl (C=O) groups excluding carboxylic acids is 2. The number of aliphatic hydroxyl groups is 1. The average molecular weight is 345 g/mol. The van der Waals surface area contributed by atoms with Gasteiger partial charge in [-0.25, -0.2) is 0 Å². The van der Waals surface area contributed by atoms with Gasteiger partial charge in [0.05, 0.1) is 6.54 Å². The van der Waals surface area contributed by atoms with E-state index >= 15 is 0 Å². The average Bonchev–Trinajstić information content (AvgIpc) is 2.62. The van der Waals surface area contributed by atoms with Crippen molar-refractivity contribution in [2.45, 2.75) is 31.9 Å². The Kier molecular flexibility index (Phi) is 5.39. The normalized spacial score (nSPS) is 25.0. The molecule has 2 aliphatic rings. The summed E-state index contributed by atoms with van der Waals surface area (Å²) in [6.07, 6.45) is 1.09. The van der Waals surface area contributed by atoms with E-state index in [2.05, 4.69) is 17.0 Å². The number of hydrogen-bond donors (Lipinski definition) is 1. The second kappa shape index (κ2) is 7.54. The second-order valence-electron chi connectivity index (χ2n) is 7.13. The van der Waals surface area contributed by atoms with Crippen LogP contribution in [-0.4, -0.2) is 76.5 Å². The number of amides is 2.